The Morgan fingerprint density at radius 3 is 2.77 bits per heavy atom. The van der Waals surface area contributed by atoms with Crippen molar-refractivity contribution in [1.82, 2.24) is 5.01 Å². The van der Waals surface area contributed by atoms with Crippen molar-refractivity contribution in [2.24, 2.45) is 10.1 Å². The van der Waals surface area contributed by atoms with Crippen molar-refractivity contribution in [2.45, 2.75) is 0 Å². The number of hydrogen-bond donors (Lipinski definition) is 1. The highest BCUT2D eigenvalue weighted by Crippen LogP contribution is 2.30. The van der Waals surface area contributed by atoms with Gasteiger partial charge in [0.15, 0.2) is 10.5 Å². The Morgan fingerprint density at radius 2 is 2.18 bits per heavy atom. The highest BCUT2D eigenvalue weighted by Gasteiger charge is 2.38. The molecular formula is C11H7BrN4O4S2. The summed E-state index contributed by atoms with van der Waals surface area (Å²) in [6, 6.07) is 3.25. The quantitative estimate of drug-likeness (QED) is 0.713. The molecule has 1 aromatic rings. The zero-order valence-electron chi connectivity index (χ0n) is 10.9. The molecular weight excluding hydrogens is 396 g/mol. The van der Waals surface area contributed by atoms with Crippen molar-refractivity contribution in [2.75, 3.05) is 6.26 Å². The average Bonchev–Trinajstić information content (AvgIpc) is 3.00. The van der Waals surface area contributed by atoms with Gasteiger partial charge in [0.25, 0.3) is 5.91 Å². The van der Waals surface area contributed by atoms with Gasteiger partial charge in [-0.3, -0.25) is 10.2 Å². The lowest BCUT2D eigenvalue weighted by Crippen LogP contribution is -2.35. The van der Waals surface area contributed by atoms with Gasteiger partial charge in [-0.25, -0.2) is 8.42 Å². The predicted molar refractivity (Wildman–Crippen MR) is 86.3 cm³/mol. The molecule has 2 aliphatic rings. The first-order valence-corrected chi connectivity index (χ1v) is 9.21. The molecule has 3 heterocycles. The molecule has 0 fully saturated rings. The van der Waals surface area contributed by atoms with Crippen LogP contribution in [0.3, 0.4) is 0 Å². The van der Waals surface area contributed by atoms with Gasteiger partial charge in [0.1, 0.15) is 5.76 Å². The highest BCUT2D eigenvalue weighted by atomic mass is 79.9. The minimum Gasteiger partial charge on any atom is -0.450 e. The van der Waals surface area contributed by atoms with Gasteiger partial charge in [0.2, 0.25) is 19.4 Å². The SMILES string of the molecule is CS(=O)(=O)C1=NN2C(=N)/C(=C\c3ccc(Br)o3)C(=O)N=C2S1. The molecule has 0 atom stereocenters. The number of amidine groups is 2. The van der Waals surface area contributed by atoms with E-state index in [9.17, 15) is 13.2 Å². The van der Waals surface area contributed by atoms with E-state index in [1.807, 2.05) is 0 Å². The van der Waals surface area contributed by atoms with Crippen molar-refractivity contribution in [3.63, 3.8) is 0 Å². The van der Waals surface area contributed by atoms with Crippen LogP contribution in [0.2, 0.25) is 0 Å². The number of hydrogen-bond acceptors (Lipinski definition) is 7. The van der Waals surface area contributed by atoms with Crippen molar-refractivity contribution < 1.29 is 17.6 Å². The van der Waals surface area contributed by atoms with Crippen LogP contribution in [0.4, 0.5) is 0 Å². The molecule has 0 unspecified atom stereocenters. The van der Waals surface area contributed by atoms with Gasteiger partial charge >= 0.3 is 0 Å². The molecule has 3 rings (SSSR count). The summed E-state index contributed by atoms with van der Waals surface area (Å²) in [5.74, 6) is -0.548. The first-order valence-electron chi connectivity index (χ1n) is 5.71. The number of thioether (sulfide) groups is 1. The van der Waals surface area contributed by atoms with Gasteiger partial charge in [-0.1, -0.05) is 0 Å². The van der Waals surface area contributed by atoms with E-state index in [0.717, 1.165) is 23.0 Å². The summed E-state index contributed by atoms with van der Waals surface area (Å²) < 4.78 is 28.6. The Morgan fingerprint density at radius 1 is 1.45 bits per heavy atom. The number of amides is 1. The standard InChI is InChI=1S/C11H7BrN4O4S2/c1-22(18,19)11-15-16-8(13)6(9(17)14-10(16)21-11)4-5-2-3-7(12)20-5/h2-4,13H,1H3/b6-4+,13-8?. The van der Waals surface area contributed by atoms with Gasteiger partial charge in [-0.15, -0.1) is 5.10 Å². The summed E-state index contributed by atoms with van der Waals surface area (Å²) in [5.41, 5.74) is -0.0373. The third-order valence-electron chi connectivity index (χ3n) is 2.63. The summed E-state index contributed by atoms with van der Waals surface area (Å²) in [7, 11) is -3.54. The maximum absolute atomic E-state index is 12.0. The third-order valence-corrected chi connectivity index (χ3v) is 5.64. The lowest BCUT2D eigenvalue weighted by molar-refractivity contribution is -0.114. The second kappa shape index (κ2) is 5.18. The van der Waals surface area contributed by atoms with Crippen LogP contribution >= 0.6 is 27.7 Å². The number of sulfone groups is 1. The monoisotopic (exact) mass is 402 g/mol. The van der Waals surface area contributed by atoms with E-state index in [-0.39, 0.29) is 21.0 Å². The van der Waals surface area contributed by atoms with Crippen molar-refractivity contribution in [3.8, 4) is 0 Å². The zero-order valence-corrected chi connectivity index (χ0v) is 14.1. The lowest BCUT2D eigenvalue weighted by Gasteiger charge is -2.19. The van der Waals surface area contributed by atoms with Crippen molar-refractivity contribution in [1.29, 1.82) is 5.41 Å². The van der Waals surface area contributed by atoms with Gasteiger partial charge < -0.3 is 4.42 Å². The molecule has 0 saturated carbocycles. The number of fused-ring (bicyclic) bond motifs is 1. The van der Waals surface area contributed by atoms with Crippen LogP contribution in [0.1, 0.15) is 5.76 Å². The number of hydrazone groups is 1. The van der Waals surface area contributed by atoms with E-state index in [0.29, 0.717) is 10.4 Å². The zero-order chi connectivity index (χ0) is 16.1. The molecule has 11 heteroatoms. The Bertz CT molecular complexity index is 897. The van der Waals surface area contributed by atoms with Crippen LogP contribution < -0.4 is 0 Å². The number of furan rings is 1. The molecule has 0 radical (unpaired) electrons. The first-order chi connectivity index (χ1) is 10.3. The summed E-state index contributed by atoms with van der Waals surface area (Å²) in [4.78, 5) is 15.8. The maximum atomic E-state index is 12.0. The van der Waals surface area contributed by atoms with Crippen LogP contribution in [-0.4, -0.2) is 41.0 Å². The molecule has 0 aliphatic carbocycles. The lowest BCUT2D eigenvalue weighted by atomic mass is 10.1. The van der Waals surface area contributed by atoms with Gasteiger partial charge in [-0.2, -0.15) is 10.0 Å². The van der Waals surface area contributed by atoms with Gasteiger partial charge in [0, 0.05) is 6.26 Å². The Kier molecular flexibility index (Phi) is 3.57. The normalized spacial score (nSPS) is 20.3. The number of carbonyl (C=O) groups excluding carboxylic acids is 1. The van der Waals surface area contributed by atoms with Gasteiger partial charge in [-0.05, 0) is 45.9 Å². The van der Waals surface area contributed by atoms with E-state index in [1.54, 1.807) is 12.1 Å². The fourth-order valence-electron chi connectivity index (χ4n) is 1.67. The fourth-order valence-corrected chi connectivity index (χ4v) is 3.68. The van der Waals surface area contributed by atoms with Crippen LogP contribution in [0.25, 0.3) is 6.08 Å². The van der Waals surface area contributed by atoms with E-state index < -0.39 is 15.7 Å². The second-order valence-electron chi connectivity index (χ2n) is 4.30. The molecule has 1 N–H and O–H groups in total. The topological polar surface area (TPSA) is 116 Å². The van der Waals surface area contributed by atoms with E-state index in [2.05, 4.69) is 26.0 Å². The number of rotatable bonds is 1. The fraction of sp³-hybridized carbons (Fsp3) is 0.0909. The predicted octanol–water partition coefficient (Wildman–Crippen LogP) is 1.66. The molecule has 1 amide bonds. The first kappa shape index (κ1) is 15.2. The molecule has 0 saturated heterocycles. The molecule has 22 heavy (non-hydrogen) atoms. The Labute approximate surface area is 137 Å². The minimum atomic E-state index is -3.54. The largest absolute Gasteiger partial charge is 0.450 e. The number of halogens is 1. The molecule has 0 bridgehead atoms. The van der Waals surface area contributed by atoms with Crippen LogP contribution in [-0.2, 0) is 14.6 Å². The molecule has 0 aromatic carbocycles. The van der Waals surface area contributed by atoms with Crippen LogP contribution in [0.15, 0.2) is 36.9 Å². The van der Waals surface area contributed by atoms with E-state index in [1.165, 1.54) is 6.08 Å². The molecule has 1 aromatic heterocycles. The summed E-state index contributed by atoms with van der Waals surface area (Å²) in [5, 5.41) is 12.9. The molecule has 0 spiro atoms. The molecule has 114 valence electrons. The second-order valence-corrected chi connectivity index (χ2v) is 8.23. The number of carbonyl (C=O) groups is 1. The minimum absolute atomic E-state index is 0.0373. The third kappa shape index (κ3) is 2.66. The van der Waals surface area contributed by atoms with E-state index >= 15 is 0 Å². The Hall–Kier alpha value is -1.72. The summed E-state index contributed by atoms with van der Waals surface area (Å²) in [6.07, 6.45) is 2.36. The van der Waals surface area contributed by atoms with Crippen molar-refractivity contribution in [3.05, 3.63) is 28.1 Å². The van der Waals surface area contributed by atoms with Crippen LogP contribution in [0.5, 0.6) is 0 Å². The highest BCUT2D eigenvalue weighted by molar-refractivity contribution is 9.10. The molecule has 8 nitrogen and oxygen atoms in total. The maximum Gasteiger partial charge on any atom is 0.283 e. The smallest absolute Gasteiger partial charge is 0.283 e. The van der Waals surface area contributed by atoms with E-state index in [4.69, 9.17) is 9.83 Å². The number of nitrogens with zero attached hydrogens (tertiary/aromatic N) is 3. The summed E-state index contributed by atoms with van der Waals surface area (Å²) >= 11 is 3.88. The van der Waals surface area contributed by atoms with Crippen LogP contribution in [0, 0.1) is 5.41 Å². The average molecular weight is 403 g/mol. The van der Waals surface area contributed by atoms with Gasteiger partial charge in [0.05, 0.1) is 5.57 Å². The summed E-state index contributed by atoms with van der Waals surface area (Å²) in [6.45, 7) is 0. The van der Waals surface area contributed by atoms with Crippen molar-refractivity contribution >= 4 is 64.9 Å². The molecule has 2 aliphatic heterocycles. The number of nitrogens with one attached hydrogen (secondary N) is 1. The Balaban J connectivity index is 2.02. The number of aliphatic imine (C=N–C) groups is 1.